The van der Waals surface area contributed by atoms with Gasteiger partial charge >= 0.3 is 5.97 Å². The summed E-state index contributed by atoms with van der Waals surface area (Å²) in [5.74, 6) is -1.25. The summed E-state index contributed by atoms with van der Waals surface area (Å²) in [7, 11) is 0. The van der Waals surface area contributed by atoms with Crippen LogP contribution in [0.15, 0.2) is 0 Å². The first-order chi connectivity index (χ1) is 4.63. The number of carboxylic acids is 1. The lowest BCUT2D eigenvalue weighted by Gasteiger charge is -2.08. The monoisotopic (exact) mass is 148 g/mol. The van der Waals surface area contributed by atoms with E-state index in [1.807, 2.05) is 0 Å². The third kappa shape index (κ3) is 1.11. The Hall–Kier alpha value is -0.650. The van der Waals surface area contributed by atoms with Crippen LogP contribution >= 0.6 is 0 Å². The van der Waals surface area contributed by atoms with E-state index in [2.05, 4.69) is 4.74 Å². The highest BCUT2D eigenvalue weighted by Gasteiger charge is 2.39. The van der Waals surface area contributed by atoms with Gasteiger partial charge in [0.2, 0.25) is 0 Å². The van der Waals surface area contributed by atoms with Crippen LogP contribution in [-0.2, 0) is 9.53 Å². The summed E-state index contributed by atoms with van der Waals surface area (Å²) in [4.78, 5) is 10.2. The molecule has 0 spiro atoms. The maximum atomic E-state index is 10.2. The number of hydrogen-bond donors (Lipinski definition) is 3. The smallest absolute Gasteiger partial charge is 0.335 e. The molecule has 1 rings (SSSR count). The fourth-order valence-corrected chi connectivity index (χ4v) is 0.819. The van der Waals surface area contributed by atoms with E-state index in [9.17, 15) is 4.79 Å². The Balaban J connectivity index is 2.57. The SMILES string of the molecule is O=C(O)[C@H]1OC[C@@H](O)[C@H]1O. The van der Waals surface area contributed by atoms with Crippen molar-refractivity contribution in [3.8, 4) is 0 Å². The lowest BCUT2D eigenvalue weighted by molar-refractivity contribution is -0.151. The van der Waals surface area contributed by atoms with E-state index in [4.69, 9.17) is 15.3 Å². The van der Waals surface area contributed by atoms with Crippen molar-refractivity contribution in [3.63, 3.8) is 0 Å². The topological polar surface area (TPSA) is 87.0 Å². The van der Waals surface area contributed by atoms with Crippen molar-refractivity contribution >= 4 is 5.97 Å². The zero-order chi connectivity index (χ0) is 7.72. The van der Waals surface area contributed by atoms with Gasteiger partial charge in [-0.25, -0.2) is 4.79 Å². The van der Waals surface area contributed by atoms with Gasteiger partial charge in [0.05, 0.1) is 6.61 Å². The van der Waals surface area contributed by atoms with Gasteiger partial charge < -0.3 is 20.1 Å². The standard InChI is InChI=1S/C5H8O5/c6-2-1-10-4(3(2)7)5(8)9/h2-4,6-7H,1H2,(H,8,9)/t2-,3-,4+/m1/s1. The second-order valence-electron chi connectivity index (χ2n) is 2.15. The molecule has 1 fully saturated rings. The highest BCUT2D eigenvalue weighted by molar-refractivity contribution is 5.73. The summed E-state index contributed by atoms with van der Waals surface area (Å²) in [6, 6.07) is 0. The first-order valence-electron chi connectivity index (χ1n) is 2.83. The van der Waals surface area contributed by atoms with Crippen LogP contribution in [0.2, 0.25) is 0 Å². The molecule has 58 valence electrons. The quantitative estimate of drug-likeness (QED) is 0.408. The predicted octanol–water partition coefficient (Wildman–Crippen LogP) is -1.81. The average Bonchev–Trinajstić information content (AvgIpc) is 2.14. The maximum absolute atomic E-state index is 10.2. The van der Waals surface area contributed by atoms with Gasteiger partial charge in [-0.1, -0.05) is 0 Å². The summed E-state index contributed by atoms with van der Waals surface area (Å²) < 4.78 is 4.54. The van der Waals surface area contributed by atoms with Gasteiger partial charge in [0.1, 0.15) is 12.2 Å². The van der Waals surface area contributed by atoms with Crippen molar-refractivity contribution in [2.45, 2.75) is 18.3 Å². The molecule has 5 heteroatoms. The molecule has 1 aliphatic heterocycles. The van der Waals surface area contributed by atoms with Gasteiger partial charge in [-0.2, -0.15) is 0 Å². The predicted molar refractivity (Wildman–Crippen MR) is 29.4 cm³/mol. The van der Waals surface area contributed by atoms with Crippen molar-refractivity contribution < 1.29 is 24.9 Å². The van der Waals surface area contributed by atoms with Crippen LogP contribution in [0.3, 0.4) is 0 Å². The van der Waals surface area contributed by atoms with Gasteiger partial charge in [-0.05, 0) is 0 Å². The summed E-state index contributed by atoms with van der Waals surface area (Å²) in [6.07, 6.45) is -3.63. The van der Waals surface area contributed by atoms with E-state index in [0.29, 0.717) is 0 Å². The lowest BCUT2D eigenvalue weighted by Crippen LogP contribution is -2.35. The molecule has 0 aromatic rings. The van der Waals surface area contributed by atoms with E-state index < -0.39 is 24.3 Å². The Morgan fingerprint density at radius 1 is 1.50 bits per heavy atom. The largest absolute Gasteiger partial charge is 0.479 e. The molecule has 0 aromatic heterocycles. The number of aliphatic hydroxyl groups is 2. The van der Waals surface area contributed by atoms with Crippen LogP contribution in [0.5, 0.6) is 0 Å². The Morgan fingerprint density at radius 2 is 2.10 bits per heavy atom. The molecule has 0 bridgehead atoms. The molecule has 1 heterocycles. The zero-order valence-electron chi connectivity index (χ0n) is 5.10. The molecule has 10 heavy (non-hydrogen) atoms. The minimum Gasteiger partial charge on any atom is -0.479 e. The van der Waals surface area contributed by atoms with Gasteiger partial charge in [0, 0.05) is 0 Å². The third-order valence-corrected chi connectivity index (χ3v) is 1.39. The van der Waals surface area contributed by atoms with Gasteiger partial charge in [-0.15, -0.1) is 0 Å². The molecule has 1 aliphatic rings. The number of aliphatic hydroxyl groups excluding tert-OH is 2. The molecule has 0 aliphatic carbocycles. The minimum absolute atomic E-state index is 0.113. The van der Waals surface area contributed by atoms with Crippen molar-refractivity contribution in [2.24, 2.45) is 0 Å². The number of rotatable bonds is 1. The molecule has 0 radical (unpaired) electrons. The summed E-state index contributed by atoms with van der Waals surface area (Å²) in [5.41, 5.74) is 0. The third-order valence-electron chi connectivity index (χ3n) is 1.39. The molecule has 0 amide bonds. The Kier molecular flexibility index (Phi) is 1.89. The molecule has 5 nitrogen and oxygen atoms in total. The van der Waals surface area contributed by atoms with Crippen molar-refractivity contribution in [3.05, 3.63) is 0 Å². The number of aliphatic carboxylic acids is 1. The number of ether oxygens (including phenoxy) is 1. The lowest BCUT2D eigenvalue weighted by atomic mass is 10.1. The van der Waals surface area contributed by atoms with Crippen molar-refractivity contribution in [1.82, 2.24) is 0 Å². The van der Waals surface area contributed by atoms with E-state index in [1.165, 1.54) is 0 Å². The molecule has 0 saturated carbocycles. The van der Waals surface area contributed by atoms with Crippen LogP contribution in [0.1, 0.15) is 0 Å². The van der Waals surface area contributed by atoms with Gasteiger partial charge in [0.15, 0.2) is 6.10 Å². The van der Waals surface area contributed by atoms with E-state index in [-0.39, 0.29) is 6.61 Å². The molecular weight excluding hydrogens is 140 g/mol. The Morgan fingerprint density at radius 3 is 2.30 bits per heavy atom. The minimum atomic E-state index is -1.29. The number of carbonyl (C=O) groups is 1. The molecular formula is C5H8O5. The first-order valence-corrected chi connectivity index (χ1v) is 2.83. The first kappa shape index (κ1) is 7.46. The second-order valence-corrected chi connectivity index (χ2v) is 2.15. The molecule has 1 saturated heterocycles. The Labute approximate surface area is 56.9 Å². The van der Waals surface area contributed by atoms with Crippen LogP contribution < -0.4 is 0 Å². The van der Waals surface area contributed by atoms with E-state index in [1.54, 1.807) is 0 Å². The van der Waals surface area contributed by atoms with Gasteiger partial charge in [-0.3, -0.25) is 0 Å². The normalized spacial score (nSPS) is 40.0. The van der Waals surface area contributed by atoms with Crippen molar-refractivity contribution in [1.29, 1.82) is 0 Å². The van der Waals surface area contributed by atoms with Gasteiger partial charge in [0.25, 0.3) is 0 Å². The van der Waals surface area contributed by atoms with Crippen LogP contribution in [0.4, 0.5) is 0 Å². The van der Waals surface area contributed by atoms with Crippen LogP contribution in [0, 0.1) is 0 Å². The summed E-state index contributed by atoms with van der Waals surface area (Å²) in [6.45, 7) is -0.113. The molecule has 3 N–H and O–H groups in total. The van der Waals surface area contributed by atoms with Crippen molar-refractivity contribution in [2.75, 3.05) is 6.61 Å². The number of carboxylic acid groups (broad SMARTS) is 1. The average molecular weight is 148 g/mol. The summed E-state index contributed by atoms with van der Waals surface area (Å²) in [5, 5.41) is 26.0. The zero-order valence-corrected chi connectivity index (χ0v) is 5.10. The summed E-state index contributed by atoms with van der Waals surface area (Å²) >= 11 is 0. The van der Waals surface area contributed by atoms with E-state index in [0.717, 1.165) is 0 Å². The van der Waals surface area contributed by atoms with Crippen LogP contribution in [-0.4, -0.2) is 46.2 Å². The molecule has 3 atom stereocenters. The highest BCUT2D eigenvalue weighted by atomic mass is 16.6. The maximum Gasteiger partial charge on any atom is 0.335 e. The second kappa shape index (κ2) is 2.53. The fraction of sp³-hybridized carbons (Fsp3) is 0.800. The fourth-order valence-electron chi connectivity index (χ4n) is 0.819. The van der Waals surface area contributed by atoms with E-state index >= 15 is 0 Å². The van der Waals surface area contributed by atoms with Crippen LogP contribution in [0.25, 0.3) is 0 Å². The highest BCUT2D eigenvalue weighted by Crippen LogP contribution is 2.13. The Bertz CT molecular complexity index is 145. The molecule has 0 aromatic carbocycles. The molecule has 0 unspecified atom stereocenters. The number of hydrogen-bond acceptors (Lipinski definition) is 4.